The van der Waals surface area contributed by atoms with Crippen molar-refractivity contribution in [1.82, 2.24) is 24.3 Å². The van der Waals surface area contributed by atoms with Crippen LogP contribution in [0, 0.1) is 18.6 Å². The van der Waals surface area contributed by atoms with Crippen LogP contribution in [0.25, 0.3) is 5.69 Å². The molecule has 31 heavy (non-hydrogen) atoms. The summed E-state index contributed by atoms with van der Waals surface area (Å²) in [6, 6.07) is 11.5. The summed E-state index contributed by atoms with van der Waals surface area (Å²) in [5, 5.41) is 7.72. The zero-order valence-electron chi connectivity index (χ0n) is 17.1. The van der Waals surface area contributed by atoms with E-state index in [1.807, 2.05) is 23.7 Å². The Balaban J connectivity index is 1.41. The molecule has 0 saturated carbocycles. The van der Waals surface area contributed by atoms with Crippen LogP contribution in [0.1, 0.15) is 42.3 Å². The highest BCUT2D eigenvalue weighted by Crippen LogP contribution is 2.32. The lowest BCUT2D eigenvalue weighted by molar-refractivity contribution is 0.576. The Morgan fingerprint density at radius 1 is 1.06 bits per heavy atom. The molecule has 6 nitrogen and oxygen atoms in total. The quantitative estimate of drug-likeness (QED) is 0.498. The first-order valence-electron chi connectivity index (χ1n) is 10.3. The van der Waals surface area contributed by atoms with E-state index >= 15 is 0 Å². The minimum absolute atomic E-state index is 0.0507. The summed E-state index contributed by atoms with van der Waals surface area (Å²) >= 11 is 0. The lowest BCUT2D eigenvalue weighted by Gasteiger charge is -2.14. The van der Waals surface area contributed by atoms with Gasteiger partial charge in [-0.1, -0.05) is 18.6 Å². The summed E-state index contributed by atoms with van der Waals surface area (Å²) in [6.45, 7) is 2.63. The van der Waals surface area contributed by atoms with E-state index in [2.05, 4.69) is 15.4 Å². The summed E-state index contributed by atoms with van der Waals surface area (Å²) in [6.07, 6.45) is 6.34. The highest BCUT2D eigenvalue weighted by Gasteiger charge is 2.24. The Hall–Kier alpha value is -3.55. The lowest BCUT2D eigenvalue weighted by Crippen LogP contribution is -2.08. The first-order chi connectivity index (χ1) is 15.1. The molecule has 0 bridgehead atoms. The zero-order valence-corrected chi connectivity index (χ0v) is 17.1. The van der Waals surface area contributed by atoms with Crippen LogP contribution in [0.3, 0.4) is 0 Å². The third-order valence-electron chi connectivity index (χ3n) is 5.59. The largest absolute Gasteiger partial charge is 0.323 e. The number of nitrogens with zero attached hydrogens (tertiary/aromatic N) is 5. The van der Waals surface area contributed by atoms with Crippen molar-refractivity contribution in [2.75, 3.05) is 5.32 Å². The van der Waals surface area contributed by atoms with Crippen molar-refractivity contribution >= 4 is 11.6 Å². The maximum Gasteiger partial charge on any atom is 0.246 e. The van der Waals surface area contributed by atoms with Crippen LogP contribution in [-0.4, -0.2) is 24.3 Å². The summed E-state index contributed by atoms with van der Waals surface area (Å²) in [4.78, 5) is 8.85. The molecule has 5 rings (SSSR count). The number of hydrogen-bond acceptors (Lipinski definition) is 4. The summed E-state index contributed by atoms with van der Waals surface area (Å²) in [7, 11) is 0. The van der Waals surface area contributed by atoms with Gasteiger partial charge in [-0.15, -0.1) is 5.10 Å². The molecule has 3 heterocycles. The third-order valence-corrected chi connectivity index (χ3v) is 5.59. The highest BCUT2D eigenvalue weighted by molar-refractivity contribution is 5.56. The average molecular weight is 420 g/mol. The molecule has 2 aromatic carbocycles. The van der Waals surface area contributed by atoms with E-state index in [-0.39, 0.29) is 17.6 Å². The van der Waals surface area contributed by atoms with Gasteiger partial charge >= 0.3 is 0 Å². The molecule has 1 aliphatic heterocycles. The average Bonchev–Trinajstić information content (AvgIpc) is 3.30. The van der Waals surface area contributed by atoms with E-state index in [1.54, 1.807) is 29.2 Å². The Morgan fingerprint density at radius 3 is 2.65 bits per heavy atom. The van der Waals surface area contributed by atoms with Crippen molar-refractivity contribution in [3.05, 3.63) is 83.7 Å². The number of imidazole rings is 1. The number of halogens is 2. The molecule has 158 valence electrons. The predicted molar refractivity (Wildman–Crippen MR) is 114 cm³/mol. The molecule has 0 aliphatic carbocycles. The molecule has 0 saturated heterocycles. The Bertz CT molecular complexity index is 1210. The van der Waals surface area contributed by atoms with Gasteiger partial charge in [0.05, 0.1) is 17.7 Å². The van der Waals surface area contributed by atoms with Gasteiger partial charge in [0.1, 0.15) is 17.5 Å². The van der Waals surface area contributed by atoms with E-state index in [0.717, 1.165) is 42.9 Å². The number of nitrogens with one attached hydrogen (secondary N) is 1. The minimum Gasteiger partial charge on any atom is -0.323 e. The van der Waals surface area contributed by atoms with E-state index in [1.165, 1.54) is 18.2 Å². The second-order valence-electron chi connectivity index (χ2n) is 7.83. The maximum atomic E-state index is 14.7. The van der Waals surface area contributed by atoms with Crippen LogP contribution in [0.15, 0.2) is 55.0 Å². The van der Waals surface area contributed by atoms with Gasteiger partial charge in [0, 0.05) is 24.3 Å². The monoisotopic (exact) mass is 420 g/mol. The van der Waals surface area contributed by atoms with Crippen LogP contribution in [0.5, 0.6) is 0 Å². The zero-order chi connectivity index (χ0) is 21.4. The van der Waals surface area contributed by atoms with Crippen LogP contribution < -0.4 is 5.32 Å². The number of aromatic nitrogens is 5. The molecule has 2 aromatic heterocycles. The van der Waals surface area contributed by atoms with E-state index < -0.39 is 0 Å². The third kappa shape index (κ3) is 3.93. The smallest absolute Gasteiger partial charge is 0.246 e. The fraction of sp³-hybridized carbons (Fsp3) is 0.261. The van der Waals surface area contributed by atoms with E-state index in [9.17, 15) is 8.78 Å². The van der Waals surface area contributed by atoms with Crippen LogP contribution in [0.4, 0.5) is 20.4 Å². The fourth-order valence-corrected chi connectivity index (χ4v) is 4.06. The maximum absolute atomic E-state index is 14.7. The van der Waals surface area contributed by atoms with Crippen molar-refractivity contribution in [2.45, 2.75) is 38.6 Å². The second-order valence-corrected chi connectivity index (χ2v) is 7.83. The molecular formula is C23H22F2N6. The van der Waals surface area contributed by atoms with E-state index in [0.29, 0.717) is 17.3 Å². The van der Waals surface area contributed by atoms with Gasteiger partial charge in [0.15, 0.2) is 0 Å². The topological polar surface area (TPSA) is 60.6 Å². The molecule has 0 radical (unpaired) electrons. The molecule has 0 spiro atoms. The lowest BCUT2D eigenvalue weighted by atomic mass is 9.93. The Labute approximate surface area is 178 Å². The van der Waals surface area contributed by atoms with Gasteiger partial charge in [0.2, 0.25) is 5.95 Å². The first-order valence-corrected chi connectivity index (χ1v) is 10.3. The Morgan fingerprint density at radius 2 is 1.90 bits per heavy atom. The molecular weight excluding hydrogens is 398 g/mol. The molecule has 0 unspecified atom stereocenters. The van der Waals surface area contributed by atoms with Crippen molar-refractivity contribution in [3.63, 3.8) is 0 Å². The van der Waals surface area contributed by atoms with Gasteiger partial charge < -0.3 is 9.88 Å². The number of hydrogen-bond donors (Lipinski definition) is 1. The van der Waals surface area contributed by atoms with Crippen molar-refractivity contribution in [3.8, 4) is 5.69 Å². The van der Waals surface area contributed by atoms with Crippen LogP contribution >= 0.6 is 0 Å². The number of aryl methyl sites for hydroxylation is 2. The molecule has 0 fully saturated rings. The van der Waals surface area contributed by atoms with Crippen LogP contribution in [0.2, 0.25) is 0 Å². The standard InChI is InChI=1S/C23H22F2N6/c1-15-13-30(14-26-15)21-10-9-18(12-20(21)25)27-23-28-22-19(4-2-3-11-31(22)29-23)16-5-7-17(24)8-6-16/h5-10,12-14,19H,2-4,11H2,1H3,(H,27,29)/t19-/m1/s1. The number of benzene rings is 2. The summed E-state index contributed by atoms with van der Waals surface area (Å²) in [5.41, 5.74) is 2.84. The Kier molecular flexibility index (Phi) is 4.97. The second kappa shape index (κ2) is 7.94. The first kappa shape index (κ1) is 19.4. The summed E-state index contributed by atoms with van der Waals surface area (Å²) in [5.74, 6) is 0.701. The molecule has 1 atom stereocenters. The summed E-state index contributed by atoms with van der Waals surface area (Å²) < 4.78 is 31.6. The predicted octanol–water partition coefficient (Wildman–Crippen LogP) is 5.11. The molecule has 1 aliphatic rings. The molecule has 8 heteroatoms. The van der Waals surface area contributed by atoms with Crippen molar-refractivity contribution < 1.29 is 8.78 Å². The van der Waals surface area contributed by atoms with Gasteiger partial charge in [-0.3, -0.25) is 0 Å². The van der Waals surface area contributed by atoms with Gasteiger partial charge in [-0.05, 0) is 55.7 Å². The van der Waals surface area contributed by atoms with Crippen LogP contribution in [-0.2, 0) is 6.54 Å². The number of anilines is 2. The fourth-order valence-electron chi connectivity index (χ4n) is 4.06. The molecule has 4 aromatic rings. The molecule has 0 amide bonds. The van der Waals surface area contributed by atoms with E-state index in [4.69, 9.17) is 4.98 Å². The highest BCUT2D eigenvalue weighted by atomic mass is 19.1. The SMILES string of the molecule is Cc1cn(-c2ccc(Nc3nc4n(n3)CCCC[C@@H]4c3ccc(F)cc3)cc2F)cn1. The normalized spacial score (nSPS) is 16.0. The minimum atomic E-state index is -0.368. The van der Waals surface area contributed by atoms with Gasteiger partial charge in [0.25, 0.3) is 0 Å². The van der Waals surface area contributed by atoms with Gasteiger partial charge in [-0.2, -0.15) is 4.98 Å². The number of fused-ring (bicyclic) bond motifs is 1. The van der Waals surface area contributed by atoms with Gasteiger partial charge in [-0.25, -0.2) is 18.4 Å². The van der Waals surface area contributed by atoms with Crippen molar-refractivity contribution in [1.29, 1.82) is 0 Å². The van der Waals surface area contributed by atoms with Crippen molar-refractivity contribution in [2.24, 2.45) is 0 Å². The number of rotatable bonds is 4. The molecule has 1 N–H and O–H groups in total.